The molecule has 1 aromatic rings. The van der Waals surface area contributed by atoms with Gasteiger partial charge in [0.1, 0.15) is 0 Å². The summed E-state index contributed by atoms with van der Waals surface area (Å²) >= 11 is 0. The minimum absolute atomic E-state index is 0.0754. The summed E-state index contributed by atoms with van der Waals surface area (Å²) in [5, 5.41) is 5.50. The van der Waals surface area contributed by atoms with E-state index in [2.05, 4.69) is 10.6 Å². The Labute approximate surface area is 142 Å². The molecular formula is C18H24N2O4. The van der Waals surface area contributed by atoms with Crippen LogP contribution >= 0.6 is 0 Å². The van der Waals surface area contributed by atoms with Crippen molar-refractivity contribution < 1.29 is 19.1 Å². The fourth-order valence-electron chi connectivity index (χ4n) is 2.17. The summed E-state index contributed by atoms with van der Waals surface area (Å²) in [7, 11) is 1.56. The number of methoxy groups -OCH3 is 1. The first-order valence-electron chi connectivity index (χ1n) is 8.12. The first-order chi connectivity index (χ1) is 11.6. The number of ether oxygens (including phenoxy) is 2. The molecule has 1 fully saturated rings. The van der Waals surface area contributed by atoms with E-state index in [9.17, 15) is 9.59 Å². The molecule has 6 nitrogen and oxygen atoms in total. The minimum atomic E-state index is -0.241. The predicted molar refractivity (Wildman–Crippen MR) is 91.9 cm³/mol. The van der Waals surface area contributed by atoms with Crippen molar-refractivity contribution >= 4 is 17.9 Å². The maximum Gasteiger partial charge on any atom is 0.258 e. The Balaban J connectivity index is 1.71. The highest BCUT2D eigenvalue weighted by Gasteiger charge is 2.28. The number of rotatable bonds is 9. The summed E-state index contributed by atoms with van der Waals surface area (Å²) in [5.41, 5.74) is 0.998. The summed E-state index contributed by atoms with van der Waals surface area (Å²) in [6.45, 7) is 2.66. The van der Waals surface area contributed by atoms with Crippen LogP contribution in [0.1, 0.15) is 25.3 Å². The third-order valence-electron chi connectivity index (χ3n) is 3.60. The highest BCUT2D eigenvalue weighted by Crippen LogP contribution is 2.29. The summed E-state index contributed by atoms with van der Waals surface area (Å²) < 4.78 is 10.8. The van der Waals surface area contributed by atoms with Crippen LogP contribution in [0.5, 0.6) is 11.5 Å². The fourth-order valence-corrected chi connectivity index (χ4v) is 2.17. The van der Waals surface area contributed by atoms with Crippen LogP contribution in [0.4, 0.5) is 0 Å². The van der Waals surface area contributed by atoms with Crippen LogP contribution in [0.15, 0.2) is 24.3 Å². The van der Waals surface area contributed by atoms with Crippen LogP contribution in [-0.4, -0.2) is 38.6 Å². The zero-order valence-electron chi connectivity index (χ0n) is 14.1. The zero-order valence-corrected chi connectivity index (χ0v) is 14.1. The molecule has 1 aromatic carbocycles. The molecule has 6 heteroatoms. The Bertz CT molecular complexity index is 609. The Morgan fingerprint density at radius 3 is 2.62 bits per heavy atom. The maximum atomic E-state index is 11.8. The molecule has 0 radical (unpaired) electrons. The Hall–Kier alpha value is -2.50. The Morgan fingerprint density at radius 1 is 1.21 bits per heavy atom. The lowest BCUT2D eigenvalue weighted by atomic mass is 10.2. The molecule has 24 heavy (non-hydrogen) atoms. The monoisotopic (exact) mass is 332 g/mol. The van der Waals surface area contributed by atoms with Gasteiger partial charge in [0, 0.05) is 19.0 Å². The maximum absolute atomic E-state index is 11.8. The number of benzene rings is 1. The van der Waals surface area contributed by atoms with E-state index in [4.69, 9.17) is 9.47 Å². The standard InChI is InChI=1S/C18H24N2O4/c1-3-4-13-5-8-15(16(11-13)23-2)24-12-17(21)19-9-10-20-18(22)14-6-7-14/h3-5,8,11,14H,6-7,9-10,12H2,1-2H3,(H,19,21)(H,20,22). The van der Waals surface area contributed by atoms with E-state index in [0.29, 0.717) is 24.6 Å². The molecule has 1 aliphatic carbocycles. The van der Waals surface area contributed by atoms with Crippen LogP contribution in [0.25, 0.3) is 6.08 Å². The van der Waals surface area contributed by atoms with Crippen molar-refractivity contribution in [3.8, 4) is 11.5 Å². The van der Waals surface area contributed by atoms with E-state index >= 15 is 0 Å². The van der Waals surface area contributed by atoms with E-state index in [0.717, 1.165) is 18.4 Å². The van der Waals surface area contributed by atoms with Gasteiger partial charge >= 0.3 is 0 Å². The van der Waals surface area contributed by atoms with Crippen molar-refractivity contribution in [2.75, 3.05) is 26.8 Å². The molecule has 0 atom stereocenters. The lowest BCUT2D eigenvalue weighted by Crippen LogP contribution is -2.37. The second kappa shape index (κ2) is 8.96. The van der Waals surface area contributed by atoms with Crippen molar-refractivity contribution in [1.82, 2.24) is 10.6 Å². The summed E-state index contributed by atoms with van der Waals surface area (Å²) in [6.07, 6.45) is 5.83. The second-order valence-electron chi connectivity index (χ2n) is 5.61. The average molecular weight is 332 g/mol. The second-order valence-corrected chi connectivity index (χ2v) is 5.61. The average Bonchev–Trinajstić information content (AvgIpc) is 3.42. The molecule has 0 saturated heterocycles. The van der Waals surface area contributed by atoms with E-state index in [1.807, 2.05) is 31.2 Å². The van der Waals surface area contributed by atoms with Crippen LogP contribution < -0.4 is 20.1 Å². The minimum Gasteiger partial charge on any atom is -0.493 e. The molecule has 0 unspecified atom stereocenters. The summed E-state index contributed by atoms with van der Waals surface area (Å²) in [4.78, 5) is 23.2. The number of hydrogen-bond acceptors (Lipinski definition) is 4. The molecule has 130 valence electrons. The van der Waals surface area contributed by atoms with Gasteiger partial charge in [0.05, 0.1) is 7.11 Å². The van der Waals surface area contributed by atoms with Gasteiger partial charge in [0.2, 0.25) is 5.91 Å². The normalized spacial score (nSPS) is 13.6. The van der Waals surface area contributed by atoms with Crippen LogP contribution in [0.3, 0.4) is 0 Å². The molecule has 0 spiro atoms. The van der Waals surface area contributed by atoms with Gasteiger partial charge in [-0.2, -0.15) is 0 Å². The predicted octanol–water partition coefficient (Wildman–Crippen LogP) is 1.75. The molecule has 1 aliphatic rings. The van der Waals surface area contributed by atoms with Gasteiger partial charge in [-0.05, 0) is 37.5 Å². The van der Waals surface area contributed by atoms with E-state index in [1.165, 1.54) is 0 Å². The third-order valence-corrected chi connectivity index (χ3v) is 3.60. The fraction of sp³-hybridized carbons (Fsp3) is 0.444. The molecule has 1 saturated carbocycles. The van der Waals surface area contributed by atoms with Crippen molar-refractivity contribution in [1.29, 1.82) is 0 Å². The molecule has 2 amide bonds. The van der Waals surface area contributed by atoms with Gasteiger partial charge in [-0.1, -0.05) is 18.2 Å². The largest absolute Gasteiger partial charge is 0.493 e. The number of allylic oxidation sites excluding steroid dienone is 1. The first kappa shape index (κ1) is 17.8. The first-order valence-corrected chi connectivity index (χ1v) is 8.12. The molecule has 0 aromatic heterocycles. The summed E-state index contributed by atoms with van der Waals surface area (Å²) in [5.74, 6) is 1.11. The molecule has 2 N–H and O–H groups in total. The van der Waals surface area contributed by atoms with Gasteiger partial charge in [-0.25, -0.2) is 0 Å². The number of amides is 2. The van der Waals surface area contributed by atoms with Gasteiger partial charge < -0.3 is 20.1 Å². The van der Waals surface area contributed by atoms with E-state index < -0.39 is 0 Å². The highest BCUT2D eigenvalue weighted by molar-refractivity contribution is 5.81. The van der Waals surface area contributed by atoms with Crippen LogP contribution in [0.2, 0.25) is 0 Å². The van der Waals surface area contributed by atoms with Gasteiger partial charge in [0.25, 0.3) is 5.91 Å². The van der Waals surface area contributed by atoms with Crippen LogP contribution in [0, 0.1) is 5.92 Å². The van der Waals surface area contributed by atoms with Crippen LogP contribution in [-0.2, 0) is 9.59 Å². The van der Waals surface area contributed by atoms with Gasteiger partial charge in [0.15, 0.2) is 18.1 Å². The molecule has 0 bridgehead atoms. The van der Waals surface area contributed by atoms with Crippen molar-refractivity contribution in [3.05, 3.63) is 29.8 Å². The van der Waals surface area contributed by atoms with Gasteiger partial charge in [-0.3, -0.25) is 9.59 Å². The lowest BCUT2D eigenvalue weighted by molar-refractivity contribution is -0.124. The number of hydrogen-bond donors (Lipinski definition) is 2. The molecule has 2 rings (SSSR count). The van der Waals surface area contributed by atoms with Crippen molar-refractivity contribution in [2.45, 2.75) is 19.8 Å². The molecule has 0 aliphatic heterocycles. The lowest BCUT2D eigenvalue weighted by Gasteiger charge is -2.11. The SMILES string of the molecule is CC=Cc1ccc(OCC(=O)NCCNC(=O)C2CC2)c(OC)c1. The topological polar surface area (TPSA) is 76.7 Å². The quantitative estimate of drug-likeness (QED) is 0.676. The Kier molecular flexibility index (Phi) is 6.66. The highest BCUT2D eigenvalue weighted by atomic mass is 16.5. The molecular weight excluding hydrogens is 308 g/mol. The van der Waals surface area contributed by atoms with Crippen molar-refractivity contribution in [2.24, 2.45) is 5.92 Å². The zero-order chi connectivity index (χ0) is 17.4. The number of carbonyl (C=O) groups excluding carboxylic acids is 2. The Morgan fingerprint density at radius 2 is 1.96 bits per heavy atom. The van der Waals surface area contributed by atoms with E-state index in [-0.39, 0.29) is 24.3 Å². The third kappa shape index (κ3) is 5.61. The van der Waals surface area contributed by atoms with Gasteiger partial charge in [-0.15, -0.1) is 0 Å². The number of nitrogens with one attached hydrogen (secondary N) is 2. The smallest absolute Gasteiger partial charge is 0.258 e. The van der Waals surface area contributed by atoms with E-state index in [1.54, 1.807) is 13.2 Å². The molecule has 0 heterocycles. The summed E-state index contributed by atoms with van der Waals surface area (Å²) in [6, 6.07) is 5.52. The van der Waals surface area contributed by atoms with Crippen molar-refractivity contribution in [3.63, 3.8) is 0 Å². The number of carbonyl (C=O) groups is 2.